The summed E-state index contributed by atoms with van der Waals surface area (Å²) in [6.45, 7) is 0. The Hall–Kier alpha value is -2.21. The van der Waals surface area contributed by atoms with Crippen molar-refractivity contribution in [2.45, 2.75) is 25.3 Å². The van der Waals surface area contributed by atoms with Crippen LogP contribution in [0.1, 0.15) is 39.6 Å². The predicted molar refractivity (Wildman–Crippen MR) is 94.7 cm³/mol. The summed E-state index contributed by atoms with van der Waals surface area (Å²) < 4.78 is 11.7. The largest absolute Gasteiger partial charge is 0.344 e. The lowest BCUT2D eigenvalue weighted by Crippen LogP contribution is -2.35. The van der Waals surface area contributed by atoms with Crippen molar-refractivity contribution in [3.63, 3.8) is 0 Å². The average Bonchev–Trinajstić information content (AvgIpc) is 3.01. The number of pyridine rings is 1. The molecule has 0 saturated heterocycles. The molecule has 1 aromatic carbocycles. The third kappa shape index (κ3) is 3.64. The van der Waals surface area contributed by atoms with Crippen molar-refractivity contribution in [3.05, 3.63) is 69.1 Å². The van der Waals surface area contributed by atoms with E-state index in [0.29, 0.717) is 5.75 Å². The van der Waals surface area contributed by atoms with Crippen molar-refractivity contribution in [1.82, 2.24) is 10.3 Å². The summed E-state index contributed by atoms with van der Waals surface area (Å²) in [5.74, 6) is -0.122. The zero-order valence-electron chi connectivity index (χ0n) is 13.5. The molecule has 126 valence electrons. The molecular formula is C18H20N2O3S. The lowest BCUT2D eigenvalue weighted by molar-refractivity contribution is 0.0939. The number of carbonyl (C=O) groups is 1. The minimum Gasteiger partial charge on any atom is -0.344 e. The Morgan fingerprint density at radius 2 is 2.04 bits per heavy atom. The van der Waals surface area contributed by atoms with Crippen LogP contribution in [0.15, 0.2) is 41.2 Å². The van der Waals surface area contributed by atoms with Gasteiger partial charge in [-0.15, -0.1) is 0 Å². The summed E-state index contributed by atoms with van der Waals surface area (Å²) in [5.41, 5.74) is 2.61. The second kappa shape index (κ2) is 7.13. The molecule has 6 heteroatoms. The molecule has 1 aliphatic rings. The highest BCUT2D eigenvalue weighted by atomic mass is 32.2. The smallest absolute Gasteiger partial charge is 0.261 e. The Labute approximate surface area is 143 Å². The molecular weight excluding hydrogens is 324 g/mol. The lowest BCUT2D eigenvalue weighted by Gasteiger charge is -2.18. The van der Waals surface area contributed by atoms with E-state index < -0.39 is 22.7 Å². The van der Waals surface area contributed by atoms with Crippen LogP contribution in [0.5, 0.6) is 0 Å². The first-order chi connectivity index (χ1) is 11.5. The van der Waals surface area contributed by atoms with Gasteiger partial charge in [-0.2, -0.15) is 0 Å². The van der Waals surface area contributed by atoms with E-state index in [1.807, 2.05) is 30.3 Å². The van der Waals surface area contributed by atoms with Crippen LogP contribution in [-0.4, -0.2) is 27.1 Å². The fourth-order valence-corrected chi connectivity index (χ4v) is 3.80. The maximum absolute atomic E-state index is 12.6. The van der Waals surface area contributed by atoms with E-state index in [2.05, 4.69) is 10.3 Å². The van der Waals surface area contributed by atoms with Crippen molar-refractivity contribution < 1.29 is 9.00 Å². The molecule has 0 aliphatic heterocycles. The highest BCUT2D eigenvalue weighted by Crippen LogP contribution is 2.19. The van der Waals surface area contributed by atoms with E-state index in [0.717, 1.165) is 36.1 Å². The molecule has 2 N–H and O–H groups in total. The Morgan fingerprint density at radius 3 is 2.75 bits per heavy atom. The molecule has 0 bridgehead atoms. The number of amides is 1. The van der Waals surface area contributed by atoms with Gasteiger partial charge in [0.2, 0.25) is 0 Å². The molecule has 0 radical (unpaired) electrons. The number of H-pyrrole nitrogens is 1. The zero-order chi connectivity index (χ0) is 17.1. The van der Waals surface area contributed by atoms with E-state index in [1.54, 1.807) is 12.3 Å². The van der Waals surface area contributed by atoms with Crippen LogP contribution >= 0.6 is 0 Å². The third-order valence-electron chi connectivity index (χ3n) is 4.24. The molecule has 0 spiro atoms. The quantitative estimate of drug-likeness (QED) is 0.867. The minimum atomic E-state index is -1.07. The maximum Gasteiger partial charge on any atom is 0.261 e. The molecule has 1 amide bonds. The van der Waals surface area contributed by atoms with E-state index in [1.165, 1.54) is 0 Å². The van der Waals surface area contributed by atoms with Gasteiger partial charge in [0.05, 0.1) is 6.04 Å². The Balaban J connectivity index is 1.86. The van der Waals surface area contributed by atoms with E-state index in [-0.39, 0.29) is 11.1 Å². The molecule has 0 fully saturated rings. The Kier molecular flexibility index (Phi) is 4.94. The second-order valence-electron chi connectivity index (χ2n) is 6.05. The van der Waals surface area contributed by atoms with Crippen molar-refractivity contribution in [2.75, 3.05) is 12.0 Å². The van der Waals surface area contributed by atoms with Crippen LogP contribution in [0.4, 0.5) is 0 Å². The average molecular weight is 344 g/mol. The molecule has 2 atom stereocenters. The molecule has 5 nitrogen and oxygen atoms in total. The molecule has 1 heterocycles. The van der Waals surface area contributed by atoms with Gasteiger partial charge in [-0.1, -0.05) is 30.3 Å². The number of fused-ring (bicyclic) bond motifs is 1. The van der Waals surface area contributed by atoms with E-state index >= 15 is 0 Å². The highest BCUT2D eigenvalue weighted by molar-refractivity contribution is 7.84. The fourth-order valence-electron chi connectivity index (χ4n) is 3.06. The first-order valence-electron chi connectivity index (χ1n) is 7.95. The first-order valence-corrected chi connectivity index (χ1v) is 9.68. The van der Waals surface area contributed by atoms with Gasteiger partial charge < -0.3 is 10.3 Å². The number of nitrogens with one attached hydrogen (secondary N) is 2. The van der Waals surface area contributed by atoms with Gasteiger partial charge in [0.25, 0.3) is 11.5 Å². The monoisotopic (exact) mass is 344 g/mol. The van der Waals surface area contributed by atoms with Gasteiger partial charge in [-0.05, 0) is 36.5 Å². The molecule has 24 heavy (non-hydrogen) atoms. The molecule has 0 unspecified atom stereocenters. The number of rotatable bonds is 5. The molecule has 3 rings (SSSR count). The number of aryl methyl sites for hydroxylation is 2. The van der Waals surface area contributed by atoms with Crippen LogP contribution in [0.3, 0.4) is 0 Å². The summed E-state index contributed by atoms with van der Waals surface area (Å²) in [7, 11) is -1.07. The summed E-state index contributed by atoms with van der Waals surface area (Å²) in [6, 6.07) is 10.7. The van der Waals surface area contributed by atoms with Crippen molar-refractivity contribution in [3.8, 4) is 0 Å². The van der Waals surface area contributed by atoms with Crippen LogP contribution in [0, 0.1) is 0 Å². The van der Waals surface area contributed by atoms with Crippen LogP contribution in [0.2, 0.25) is 0 Å². The van der Waals surface area contributed by atoms with Crippen molar-refractivity contribution in [2.24, 2.45) is 0 Å². The summed E-state index contributed by atoms with van der Waals surface area (Å²) in [4.78, 5) is 27.6. The van der Waals surface area contributed by atoms with Crippen molar-refractivity contribution in [1.29, 1.82) is 0 Å². The molecule has 1 aliphatic carbocycles. The normalized spacial score (nSPS) is 15.5. The van der Waals surface area contributed by atoms with E-state index in [9.17, 15) is 13.8 Å². The molecule has 0 saturated carbocycles. The number of hydrogen-bond acceptors (Lipinski definition) is 3. The fraction of sp³-hybridized carbons (Fsp3) is 0.333. The third-order valence-corrected chi connectivity index (χ3v) is 5.04. The van der Waals surface area contributed by atoms with Gasteiger partial charge >= 0.3 is 0 Å². The van der Waals surface area contributed by atoms with Gasteiger partial charge in [0.1, 0.15) is 5.56 Å². The number of hydrogen-bond donors (Lipinski definition) is 2. The topological polar surface area (TPSA) is 79.0 Å². The van der Waals surface area contributed by atoms with Gasteiger partial charge in [-0.3, -0.25) is 13.8 Å². The van der Waals surface area contributed by atoms with Crippen LogP contribution in [-0.2, 0) is 23.6 Å². The second-order valence-corrected chi connectivity index (χ2v) is 7.53. The first kappa shape index (κ1) is 16.6. The number of carbonyl (C=O) groups excluding carboxylic acids is 1. The van der Waals surface area contributed by atoms with Crippen LogP contribution < -0.4 is 10.9 Å². The SMILES string of the molecule is C[S@](=O)C[C@H](NC(=O)c1cc2c([nH]c1=O)CCC2)c1ccccc1. The Morgan fingerprint density at radius 1 is 1.29 bits per heavy atom. The standard InChI is InChI=1S/C18H20N2O3S/c1-24(23)11-16(12-6-3-2-4-7-12)20-18(22)14-10-13-8-5-9-15(13)19-17(14)21/h2-4,6-7,10,16H,5,8-9,11H2,1H3,(H,19,21)(H,20,22)/t16-,24-/m0/s1. The van der Waals surface area contributed by atoms with Crippen LogP contribution in [0.25, 0.3) is 0 Å². The van der Waals surface area contributed by atoms with Gasteiger partial charge in [-0.25, -0.2) is 0 Å². The summed E-state index contributed by atoms with van der Waals surface area (Å²) in [6.07, 6.45) is 4.34. The highest BCUT2D eigenvalue weighted by Gasteiger charge is 2.21. The minimum absolute atomic E-state index is 0.124. The Bertz CT molecular complexity index is 830. The number of aromatic nitrogens is 1. The van der Waals surface area contributed by atoms with E-state index in [4.69, 9.17) is 0 Å². The number of aromatic amines is 1. The van der Waals surface area contributed by atoms with Gasteiger partial charge in [0, 0.05) is 28.5 Å². The summed E-state index contributed by atoms with van der Waals surface area (Å²) in [5, 5.41) is 2.86. The van der Waals surface area contributed by atoms with Gasteiger partial charge in [0.15, 0.2) is 0 Å². The molecule has 2 aromatic rings. The van der Waals surface area contributed by atoms with Crippen molar-refractivity contribution >= 4 is 16.7 Å². The maximum atomic E-state index is 12.6. The predicted octanol–water partition coefficient (Wildman–Crippen LogP) is 1.71. The molecule has 1 aromatic heterocycles. The zero-order valence-corrected chi connectivity index (χ0v) is 14.3. The number of benzene rings is 1. The lowest BCUT2D eigenvalue weighted by atomic mass is 10.1. The summed E-state index contributed by atoms with van der Waals surface area (Å²) >= 11 is 0.